The Morgan fingerprint density at radius 1 is 1.05 bits per heavy atom. The summed E-state index contributed by atoms with van der Waals surface area (Å²) in [6, 6.07) is 14.1. The first-order valence-corrected chi connectivity index (χ1v) is 12.6. The van der Waals surface area contributed by atoms with Crippen molar-refractivity contribution in [3.8, 4) is 0 Å². The van der Waals surface area contributed by atoms with Gasteiger partial charge in [-0.15, -0.1) is 0 Å². The third-order valence-electron chi connectivity index (χ3n) is 6.48. The second kappa shape index (κ2) is 13.4. The molecule has 1 aliphatic rings. The lowest BCUT2D eigenvalue weighted by molar-refractivity contribution is -0.144. The van der Waals surface area contributed by atoms with Gasteiger partial charge in [0.25, 0.3) is 5.91 Å². The molecule has 0 spiro atoms. The molecule has 0 unspecified atom stereocenters. The number of nitrogens with zero attached hydrogens (tertiary/aromatic N) is 1. The zero-order valence-corrected chi connectivity index (χ0v) is 22.0. The van der Waals surface area contributed by atoms with Crippen LogP contribution in [0.2, 0.25) is 0 Å². The van der Waals surface area contributed by atoms with E-state index < -0.39 is 29.4 Å². The van der Waals surface area contributed by atoms with Gasteiger partial charge in [0.1, 0.15) is 12.1 Å². The number of carboxylic acid groups (broad SMARTS) is 1. The van der Waals surface area contributed by atoms with Crippen LogP contribution >= 0.6 is 0 Å². The molecule has 208 valence electrons. The maximum absolute atomic E-state index is 13.0. The summed E-state index contributed by atoms with van der Waals surface area (Å²) in [7, 11) is 1.28. The number of hydrogen-bond donors (Lipinski definition) is 3. The fourth-order valence-corrected chi connectivity index (χ4v) is 4.09. The molecule has 0 aliphatic carbocycles. The fourth-order valence-electron chi connectivity index (χ4n) is 4.09. The SMILES string of the molecule is COC(=O)CCCNC(=O)CC[C@](C)(NC(=O)c1ccc2c(c1)CCN2C(=O)OCc1ccccc1)C(=O)O. The van der Waals surface area contributed by atoms with Crippen molar-refractivity contribution < 1.29 is 38.6 Å². The van der Waals surface area contributed by atoms with Crippen molar-refractivity contribution in [1.82, 2.24) is 10.6 Å². The van der Waals surface area contributed by atoms with E-state index in [2.05, 4.69) is 15.4 Å². The van der Waals surface area contributed by atoms with Crippen LogP contribution in [-0.2, 0) is 36.9 Å². The van der Waals surface area contributed by atoms with E-state index in [9.17, 15) is 29.1 Å². The summed E-state index contributed by atoms with van der Waals surface area (Å²) in [6.07, 6.45) is 0.313. The average Bonchev–Trinajstić information content (AvgIpc) is 3.36. The molecule has 0 radical (unpaired) electrons. The van der Waals surface area contributed by atoms with Crippen LogP contribution < -0.4 is 15.5 Å². The van der Waals surface area contributed by atoms with Crippen molar-refractivity contribution in [3.05, 3.63) is 65.2 Å². The summed E-state index contributed by atoms with van der Waals surface area (Å²) >= 11 is 0. The molecule has 2 aromatic carbocycles. The zero-order valence-electron chi connectivity index (χ0n) is 22.0. The number of rotatable bonds is 12. The molecule has 1 atom stereocenters. The molecule has 1 aliphatic heterocycles. The highest BCUT2D eigenvalue weighted by Crippen LogP contribution is 2.30. The van der Waals surface area contributed by atoms with E-state index in [1.807, 2.05) is 30.3 Å². The molecule has 1 heterocycles. The Morgan fingerprint density at radius 2 is 1.79 bits per heavy atom. The molecule has 0 aromatic heterocycles. The van der Waals surface area contributed by atoms with Gasteiger partial charge in [0.05, 0.1) is 12.8 Å². The van der Waals surface area contributed by atoms with E-state index in [0.29, 0.717) is 25.1 Å². The molecule has 0 bridgehead atoms. The minimum absolute atomic E-state index is 0.133. The fraction of sp³-hybridized carbons (Fsp3) is 0.393. The van der Waals surface area contributed by atoms with Crippen molar-refractivity contribution in [2.24, 2.45) is 0 Å². The van der Waals surface area contributed by atoms with Crippen LogP contribution in [0.5, 0.6) is 0 Å². The van der Waals surface area contributed by atoms with Gasteiger partial charge in [-0.1, -0.05) is 30.3 Å². The molecule has 0 saturated carbocycles. The first kappa shape index (κ1) is 29.2. The zero-order chi connectivity index (χ0) is 28.4. The first-order valence-electron chi connectivity index (χ1n) is 12.6. The molecule has 39 heavy (non-hydrogen) atoms. The highest BCUT2D eigenvalue weighted by molar-refractivity contribution is 5.99. The lowest BCUT2D eigenvalue weighted by atomic mass is 9.94. The highest BCUT2D eigenvalue weighted by atomic mass is 16.6. The molecule has 2 aromatic rings. The van der Waals surface area contributed by atoms with Crippen LogP contribution in [0, 0.1) is 0 Å². The standard InChI is InChI=1S/C28H33N3O8/c1-28(26(35)36,14-12-23(32)29-15-6-9-24(33)38-2)30-25(34)21-10-11-22-20(17-21)13-16-31(22)27(37)39-18-19-7-4-3-5-8-19/h3-5,7-8,10-11,17H,6,9,12-16,18H2,1-2H3,(H,29,32)(H,30,34)(H,35,36)/t28-/m0/s1. The number of anilines is 1. The monoisotopic (exact) mass is 539 g/mol. The molecule has 11 heteroatoms. The van der Waals surface area contributed by atoms with Gasteiger partial charge in [0, 0.05) is 31.5 Å². The maximum Gasteiger partial charge on any atom is 0.414 e. The topological polar surface area (TPSA) is 151 Å². The summed E-state index contributed by atoms with van der Waals surface area (Å²) in [5.74, 6) is -2.65. The number of carbonyl (C=O) groups is 5. The second-order valence-electron chi connectivity index (χ2n) is 9.41. The number of benzene rings is 2. The molecular formula is C28H33N3O8. The lowest BCUT2D eigenvalue weighted by Gasteiger charge is -2.26. The van der Waals surface area contributed by atoms with Gasteiger partial charge >= 0.3 is 18.0 Å². The van der Waals surface area contributed by atoms with Crippen LogP contribution in [-0.4, -0.2) is 60.7 Å². The normalized spacial score (nSPS) is 13.5. The van der Waals surface area contributed by atoms with Crippen LogP contribution in [0.4, 0.5) is 10.5 Å². The molecule has 0 fully saturated rings. The number of hydrogen-bond acceptors (Lipinski definition) is 7. The van der Waals surface area contributed by atoms with Gasteiger partial charge < -0.3 is 25.2 Å². The first-order chi connectivity index (χ1) is 18.6. The second-order valence-corrected chi connectivity index (χ2v) is 9.41. The maximum atomic E-state index is 13.0. The van der Waals surface area contributed by atoms with Crippen molar-refractivity contribution in [2.75, 3.05) is 25.1 Å². The summed E-state index contributed by atoms with van der Waals surface area (Å²) < 4.78 is 9.96. The Labute approximate surface area is 226 Å². The van der Waals surface area contributed by atoms with Crippen molar-refractivity contribution in [1.29, 1.82) is 0 Å². The lowest BCUT2D eigenvalue weighted by Crippen LogP contribution is -2.52. The predicted octanol–water partition coefficient (Wildman–Crippen LogP) is 2.81. The van der Waals surface area contributed by atoms with E-state index in [4.69, 9.17) is 4.74 Å². The smallest absolute Gasteiger partial charge is 0.414 e. The number of carbonyl (C=O) groups excluding carboxylic acids is 4. The predicted molar refractivity (Wildman–Crippen MR) is 141 cm³/mol. The van der Waals surface area contributed by atoms with E-state index >= 15 is 0 Å². The van der Waals surface area contributed by atoms with Gasteiger partial charge in [-0.05, 0) is 55.5 Å². The van der Waals surface area contributed by atoms with Crippen LogP contribution in [0.3, 0.4) is 0 Å². The van der Waals surface area contributed by atoms with Crippen molar-refractivity contribution in [3.63, 3.8) is 0 Å². The number of nitrogens with one attached hydrogen (secondary N) is 2. The minimum atomic E-state index is -1.69. The number of ether oxygens (including phenoxy) is 2. The van der Waals surface area contributed by atoms with Crippen molar-refractivity contribution >= 4 is 35.5 Å². The van der Waals surface area contributed by atoms with Crippen LogP contribution in [0.1, 0.15) is 54.1 Å². The number of amides is 3. The van der Waals surface area contributed by atoms with Gasteiger partial charge in [-0.2, -0.15) is 0 Å². The van der Waals surface area contributed by atoms with Gasteiger partial charge in [-0.25, -0.2) is 9.59 Å². The third kappa shape index (κ3) is 8.03. The van der Waals surface area contributed by atoms with Crippen LogP contribution in [0.15, 0.2) is 48.5 Å². The largest absolute Gasteiger partial charge is 0.480 e. The number of carboxylic acids is 1. The summed E-state index contributed by atoms with van der Waals surface area (Å²) in [5.41, 5.74) is 0.826. The minimum Gasteiger partial charge on any atom is -0.480 e. The Morgan fingerprint density at radius 3 is 2.49 bits per heavy atom. The van der Waals surface area contributed by atoms with E-state index in [0.717, 1.165) is 11.1 Å². The number of aliphatic carboxylic acids is 1. The number of fused-ring (bicyclic) bond motifs is 1. The average molecular weight is 540 g/mol. The molecule has 3 amide bonds. The Bertz CT molecular complexity index is 1220. The molecule has 0 saturated heterocycles. The molecule has 11 nitrogen and oxygen atoms in total. The Kier molecular flexibility index (Phi) is 10.0. The molecule has 3 rings (SSSR count). The molecular weight excluding hydrogens is 506 g/mol. The third-order valence-corrected chi connectivity index (χ3v) is 6.48. The van der Waals surface area contributed by atoms with Crippen molar-refractivity contribution in [2.45, 2.75) is 51.2 Å². The number of methoxy groups -OCH3 is 1. The van der Waals surface area contributed by atoms with Gasteiger partial charge in [-0.3, -0.25) is 19.3 Å². The van der Waals surface area contributed by atoms with E-state index in [1.54, 1.807) is 12.1 Å². The Hall–Kier alpha value is -4.41. The van der Waals surface area contributed by atoms with Gasteiger partial charge in [0.2, 0.25) is 5.91 Å². The van der Waals surface area contributed by atoms with E-state index in [-0.39, 0.29) is 43.9 Å². The highest BCUT2D eigenvalue weighted by Gasteiger charge is 2.36. The summed E-state index contributed by atoms with van der Waals surface area (Å²) in [6.45, 7) is 2.13. The Balaban J connectivity index is 1.55. The van der Waals surface area contributed by atoms with Crippen LogP contribution in [0.25, 0.3) is 0 Å². The van der Waals surface area contributed by atoms with Gasteiger partial charge in [0.15, 0.2) is 0 Å². The summed E-state index contributed by atoms with van der Waals surface area (Å²) in [5, 5.41) is 14.9. The quantitative estimate of drug-likeness (QED) is 0.275. The summed E-state index contributed by atoms with van der Waals surface area (Å²) in [4.78, 5) is 62.3. The van der Waals surface area contributed by atoms with E-state index in [1.165, 1.54) is 25.0 Å². The molecule has 3 N–H and O–H groups in total. The number of esters is 1.